The van der Waals surface area contributed by atoms with E-state index in [0.29, 0.717) is 5.56 Å². The van der Waals surface area contributed by atoms with Crippen LogP contribution in [-0.2, 0) is 0 Å². The fourth-order valence-electron chi connectivity index (χ4n) is 2.67. The first-order valence-electron chi connectivity index (χ1n) is 5.82. The molecule has 0 nitrogen and oxygen atoms in total. The maximum Gasteiger partial charge on any atom is 0.167 e. The number of hydrogen-bond donors (Lipinski definition) is 0. The lowest BCUT2D eigenvalue weighted by Crippen LogP contribution is -1.91. The Morgan fingerprint density at radius 1 is 1.05 bits per heavy atom. The highest BCUT2D eigenvalue weighted by Crippen LogP contribution is 2.55. The Balaban J connectivity index is 2.16. The molecular formula is C15H7F2IS. The molecule has 0 N–H and O–H groups in total. The van der Waals surface area contributed by atoms with E-state index < -0.39 is 11.6 Å². The molecule has 1 unspecified atom stereocenters. The Bertz CT molecular complexity index is 822. The van der Waals surface area contributed by atoms with Crippen LogP contribution in [0.5, 0.6) is 0 Å². The number of rotatable bonds is 0. The van der Waals surface area contributed by atoms with Crippen LogP contribution in [0.3, 0.4) is 0 Å². The zero-order chi connectivity index (χ0) is 13.1. The predicted molar refractivity (Wildman–Crippen MR) is 83.0 cm³/mol. The highest BCUT2D eigenvalue weighted by atomic mass is 127. The SMILES string of the molecule is Fc1ccc2c(c1F)-c1sc3ccccc3c1C2I. The lowest BCUT2D eigenvalue weighted by atomic mass is 10.1. The van der Waals surface area contributed by atoms with E-state index in [9.17, 15) is 8.78 Å². The van der Waals surface area contributed by atoms with E-state index in [1.54, 1.807) is 17.4 Å². The molecule has 4 heteroatoms. The summed E-state index contributed by atoms with van der Waals surface area (Å²) in [6.45, 7) is 0. The molecule has 0 radical (unpaired) electrons. The van der Waals surface area contributed by atoms with Crippen molar-refractivity contribution in [1.29, 1.82) is 0 Å². The second kappa shape index (κ2) is 3.99. The Hall–Kier alpha value is -1.01. The van der Waals surface area contributed by atoms with E-state index in [1.807, 2.05) is 18.2 Å². The van der Waals surface area contributed by atoms with E-state index in [4.69, 9.17) is 0 Å². The normalized spacial score (nSPS) is 16.7. The number of alkyl halides is 1. The largest absolute Gasteiger partial charge is 0.204 e. The monoisotopic (exact) mass is 384 g/mol. The standard InChI is InChI=1S/C15H7F2IS/c16-9-6-5-8-11(13(9)17)15-12(14(8)18)7-3-1-2-4-10(7)19-15/h1-6,14H. The summed E-state index contributed by atoms with van der Waals surface area (Å²) >= 11 is 3.85. The molecule has 4 rings (SSSR count). The molecule has 19 heavy (non-hydrogen) atoms. The topological polar surface area (TPSA) is 0 Å². The van der Waals surface area contributed by atoms with Crippen molar-refractivity contribution < 1.29 is 8.78 Å². The van der Waals surface area contributed by atoms with Gasteiger partial charge in [0.15, 0.2) is 11.6 Å². The maximum absolute atomic E-state index is 14.1. The van der Waals surface area contributed by atoms with Crippen molar-refractivity contribution in [2.45, 2.75) is 3.92 Å². The van der Waals surface area contributed by atoms with Gasteiger partial charge in [0.1, 0.15) is 0 Å². The van der Waals surface area contributed by atoms with Gasteiger partial charge >= 0.3 is 0 Å². The summed E-state index contributed by atoms with van der Waals surface area (Å²) in [6.07, 6.45) is 0. The van der Waals surface area contributed by atoms with Gasteiger partial charge in [-0.1, -0.05) is 46.9 Å². The molecule has 0 bridgehead atoms. The van der Waals surface area contributed by atoms with Gasteiger partial charge in [-0.25, -0.2) is 8.78 Å². The zero-order valence-corrected chi connectivity index (χ0v) is 12.6. The molecule has 0 saturated carbocycles. The first kappa shape index (κ1) is 11.8. The minimum absolute atomic E-state index is 0.0915. The summed E-state index contributed by atoms with van der Waals surface area (Å²) in [7, 11) is 0. The van der Waals surface area contributed by atoms with Crippen LogP contribution in [0.4, 0.5) is 8.78 Å². The van der Waals surface area contributed by atoms with Gasteiger partial charge in [-0.05, 0) is 28.6 Å². The van der Waals surface area contributed by atoms with Crippen LogP contribution in [-0.4, -0.2) is 0 Å². The van der Waals surface area contributed by atoms with Gasteiger partial charge < -0.3 is 0 Å². The Morgan fingerprint density at radius 3 is 2.68 bits per heavy atom. The summed E-state index contributed by atoms with van der Waals surface area (Å²) in [5, 5.41) is 1.15. The van der Waals surface area contributed by atoms with Crippen LogP contribution in [0.25, 0.3) is 20.5 Å². The molecule has 2 aromatic carbocycles. The summed E-state index contributed by atoms with van der Waals surface area (Å²) in [6, 6.07) is 11.0. The van der Waals surface area contributed by atoms with Crippen LogP contribution in [0.15, 0.2) is 36.4 Å². The summed E-state index contributed by atoms with van der Waals surface area (Å²) in [5.41, 5.74) is 2.46. The average molecular weight is 384 g/mol. The molecular weight excluding hydrogens is 377 g/mol. The lowest BCUT2D eigenvalue weighted by molar-refractivity contribution is 0.511. The van der Waals surface area contributed by atoms with Crippen LogP contribution in [0.2, 0.25) is 0 Å². The molecule has 0 saturated heterocycles. The Labute approximate surface area is 126 Å². The van der Waals surface area contributed by atoms with Gasteiger partial charge in [0.2, 0.25) is 0 Å². The molecule has 0 fully saturated rings. The highest BCUT2D eigenvalue weighted by molar-refractivity contribution is 14.1. The van der Waals surface area contributed by atoms with Crippen molar-refractivity contribution in [2.24, 2.45) is 0 Å². The third kappa shape index (κ3) is 1.47. The van der Waals surface area contributed by atoms with Crippen molar-refractivity contribution in [3.05, 3.63) is 59.2 Å². The highest BCUT2D eigenvalue weighted by Gasteiger charge is 2.34. The fraction of sp³-hybridized carbons (Fsp3) is 0.0667. The molecule has 0 spiro atoms. The third-order valence-electron chi connectivity index (χ3n) is 3.51. The molecule has 1 aliphatic carbocycles. The molecule has 1 atom stereocenters. The van der Waals surface area contributed by atoms with Gasteiger partial charge in [0, 0.05) is 15.1 Å². The molecule has 0 amide bonds. The van der Waals surface area contributed by atoms with Crippen LogP contribution in [0.1, 0.15) is 15.1 Å². The summed E-state index contributed by atoms with van der Waals surface area (Å²) in [4.78, 5) is 0.882. The van der Waals surface area contributed by atoms with E-state index in [-0.39, 0.29) is 3.92 Å². The van der Waals surface area contributed by atoms with Crippen molar-refractivity contribution >= 4 is 44.0 Å². The van der Waals surface area contributed by atoms with E-state index in [2.05, 4.69) is 28.7 Å². The second-order valence-electron chi connectivity index (χ2n) is 4.53. The zero-order valence-electron chi connectivity index (χ0n) is 9.58. The minimum Gasteiger partial charge on any atom is -0.204 e. The number of fused-ring (bicyclic) bond motifs is 5. The lowest BCUT2D eigenvalue weighted by Gasteiger charge is -2.06. The molecule has 1 aliphatic rings. The molecule has 1 heterocycles. The number of hydrogen-bond acceptors (Lipinski definition) is 1. The van der Waals surface area contributed by atoms with Gasteiger partial charge in [-0.3, -0.25) is 0 Å². The maximum atomic E-state index is 14.1. The smallest absolute Gasteiger partial charge is 0.167 e. The molecule has 3 aromatic rings. The molecule has 0 aliphatic heterocycles. The van der Waals surface area contributed by atoms with Gasteiger partial charge in [-0.15, -0.1) is 11.3 Å². The number of thiophene rings is 1. The number of halogens is 3. The van der Waals surface area contributed by atoms with E-state index >= 15 is 0 Å². The van der Waals surface area contributed by atoms with Crippen LogP contribution in [0, 0.1) is 11.6 Å². The number of benzene rings is 2. The van der Waals surface area contributed by atoms with Gasteiger partial charge in [0.25, 0.3) is 0 Å². The second-order valence-corrected chi connectivity index (χ2v) is 6.83. The Kier molecular flexibility index (Phi) is 2.48. The van der Waals surface area contributed by atoms with Gasteiger partial charge in [0.05, 0.1) is 3.92 Å². The summed E-state index contributed by atoms with van der Waals surface area (Å²) < 4.78 is 28.8. The van der Waals surface area contributed by atoms with Gasteiger partial charge in [-0.2, -0.15) is 0 Å². The van der Waals surface area contributed by atoms with Crippen molar-refractivity contribution in [3.8, 4) is 10.4 Å². The quantitative estimate of drug-likeness (QED) is 0.345. The molecule has 94 valence electrons. The van der Waals surface area contributed by atoms with Crippen molar-refractivity contribution in [2.75, 3.05) is 0 Å². The third-order valence-corrected chi connectivity index (χ3v) is 6.01. The Morgan fingerprint density at radius 2 is 1.84 bits per heavy atom. The first-order chi connectivity index (χ1) is 9.18. The van der Waals surface area contributed by atoms with Crippen LogP contribution < -0.4 is 0 Å². The average Bonchev–Trinajstić information content (AvgIpc) is 2.91. The minimum atomic E-state index is -0.771. The van der Waals surface area contributed by atoms with E-state index in [1.165, 1.54) is 6.07 Å². The van der Waals surface area contributed by atoms with Crippen molar-refractivity contribution in [3.63, 3.8) is 0 Å². The van der Waals surface area contributed by atoms with Crippen molar-refractivity contribution in [1.82, 2.24) is 0 Å². The predicted octanol–water partition coefficient (Wildman–Crippen LogP) is 5.68. The molecule has 1 aromatic heterocycles. The van der Waals surface area contributed by atoms with Crippen LogP contribution >= 0.6 is 33.9 Å². The summed E-state index contributed by atoms with van der Waals surface area (Å²) in [5.74, 6) is -1.49. The van der Waals surface area contributed by atoms with E-state index in [0.717, 1.165) is 26.1 Å². The fourth-order valence-corrected chi connectivity index (χ4v) is 5.34. The first-order valence-corrected chi connectivity index (χ1v) is 7.88.